The van der Waals surface area contributed by atoms with E-state index in [9.17, 15) is 4.79 Å². The molecule has 3 aliphatic rings. The highest BCUT2D eigenvalue weighted by molar-refractivity contribution is 5.78. The van der Waals surface area contributed by atoms with Gasteiger partial charge in [0.05, 0.1) is 19.3 Å². The number of piperidine rings is 1. The van der Waals surface area contributed by atoms with Crippen molar-refractivity contribution in [1.29, 1.82) is 0 Å². The highest BCUT2D eigenvalue weighted by Gasteiger charge is 2.44. The van der Waals surface area contributed by atoms with Crippen LogP contribution in [0.3, 0.4) is 0 Å². The van der Waals surface area contributed by atoms with E-state index in [2.05, 4.69) is 14.9 Å². The first kappa shape index (κ1) is 14.8. The maximum absolute atomic E-state index is 12.8. The van der Waals surface area contributed by atoms with Gasteiger partial charge in [-0.2, -0.15) is 0 Å². The summed E-state index contributed by atoms with van der Waals surface area (Å²) in [5.74, 6) is 1.01. The van der Waals surface area contributed by atoms with Gasteiger partial charge in [0.2, 0.25) is 11.9 Å². The average molecular weight is 318 g/mol. The second-order valence-electron chi connectivity index (χ2n) is 6.38. The number of anilines is 1. The lowest BCUT2D eigenvalue weighted by atomic mass is 9.79. The zero-order valence-corrected chi connectivity index (χ0v) is 13.1. The third-order valence-electron chi connectivity index (χ3n) is 5.02. The summed E-state index contributed by atoms with van der Waals surface area (Å²) in [7, 11) is 0. The Kier molecular flexibility index (Phi) is 4.13. The lowest BCUT2D eigenvalue weighted by Gasteiger charge is -2.44. The predicted molar refractivity (Wildman–Crippen MR) is 82.5 cm³/mol. The number of carbonyl (C=O) groups excluding carboxylic acids is 1. The molecule has 4 rings (SSSR count). The van der Waals surface area contributed by atoms with Crippen LogP contribution in [0.1, 0.15) is 19.3 Å². The average Bonchev–Trinajstić information content (AvgIpc) is 3.15. The lowest BCUT2D eigenvalue weighted by molar-refractivity contribution is -0.182. The van der Waals surface area contributed by atoms with E-state index in [4.69, 9.17) is 9.57 Å². The van der Waals surface area contributed by atoms with Gasteiger partial charge in [-0.3, -0.25) is 9.63 Å². The summed E-state index contributed by atoms with van der Waals surface area (Å²) in [5.41, 5.74) is 0. The molecular weight excluding hydrogens is 296 g/mol. The Morgan fingerprint density at radius 3 is 2.83 bits per heavy atom. The Balaban J connectivity index is 1.51. The number of carbonyl (C=O) groups is 1. The topological polar surface area (TPSA) is 67.8 Å². The van der Waals surface area contributed by atoms with Crippen LogP contribution >= 0.6 is 0 Å². The molecule has 3 saturated heterocycles. The van der Waals surface area contributed by atoms with Gasteiger partial charge in [0, 0.05) is 43.9 Å². The molecule has 0 spiro atoms. The Morgan fingerprint density at radius 1 is 1.17 bits per heavy atom. The van der Waals surface area contributed by atoms with Crippen molar-refractivity contribution in [3.05, 3.63) is 18.5 Å². The Morgan fingerprint density at radius 2 is 2.04 bits per heavy atom. The number of fused-ring (bicyclic) bond motifs is 1. The molecule has 7 nitrogen and oxygen atoms in total. The van der Waals surface area contributed by atoms with Crippen molar-refractivity contribution in [2.45, 2.75) is 25.4 Å². The summed E-state index contributed by atoms with van der Waals surface area (Å²) < 4.78 is 5.93. The normalized spacial score (nSPS) is 31.0. The molecule has 1 aromatic heterocycles. The molecule has 0 saturated carbocycles. The van der Waals surface area contributed by atoms with Crippen LogP contribution in [0.15, 0.2) is 18.5 Å². The van der Waals surface area contributed by atoms with E-state index in [0.29, 0.717) is 19.8 Å². The van der Waals surface area contributed by atoms with E-state index in [1.54, 1.807) is 17.5 Å². The van der Waals surface area contributed by atoms with Crippen LogP contribution in [0.25, 0.3) is 0 Å². The molecular formula is C16H22N4O3. The van der Waals surface area contributed by atoms with Crippen LogP contribution in [0, 0.1) is 11.8 Å². The third-order valence-corrected chi connectivity index (χ3v) is 5.02. The van der Waals surface area contributed by atoms with Crippen LogP contribution < -0.4 is 4.90 Å². The molecule has 0 aromatic carbocycles. The number of amides is 1. The minimum atomic E-state index is -0.0293. The third kappa shape index (κ3) is 2.90. The zero-order valence-electron chi connectivity index (χ0n) is 13.1. The summed E-state index contributed by atoms with van der Waals surface area (Å²) in [4.78, 5) is 29.1. The molecule has 4 heterocycles. The van der Waals surface area contributed by atoms with Crippen molar-refractivity contribution in [3.8, 4) is 0 Å². The number of aromatic nitrogens is 2. The smallest absolute Gasteiger partial charge is 0.249 e. The molecule has 0 radical (unpaired) electrons. The number of nitrogens with zero attached hydrogens (tertiary/aromatic N) is 4. The number of hydrogen-bond donors (Lipinski definition) is 0. The van der Waals surface area contributed by atoms with Gasteiger partial charge in [0.25, 0.3) is 0 Å². The van der Waals surface area contributed by atoms with E-state index in [0.717, 1.165) is 38.3 Å². The van der Waals surface area contributed by atoms with Crippen molar-refractivity contribution in [2.75, 3.05) is 37.7 Å². The van der Waals surface area contributed by atoms with Gasteiger partial charge in [-0.1, -0.05) is 0 Å². The van der Waals surface area contributed by atoms with Crippen LogP contribution in [0.5, 0.6) is 0 Å². The molecule has 0 aliphatic carbocycles. The summed E-state index contributed by atoms with van der Waals surface area (Å²) >= 11 is 0. The number of rotatable bonds is 2. The number of hydrogen-bond acceptors (Lipinski definition) is 6. The highest BCUT2D eigenvalue weighted by Crippen LogP contribution is 2.35. The van der Waals surface area contributed by atoms with E-state index in [1.165, 1.54) is 0 Å². The van der Waals surface area contributed by atoms with Crippen molar-refractivity contribution in [2.24, 2.45) is 11.8 Å². The molecule has 7 heteroatoms. The zero-order chi connectivity index (χ0) is 15.6. The summed E-state index contributed by atoms with van der Waals surface area (Å²) in [5, 5.41) is 1.56. The fourth-order valence-electron chi connectivity index (χ4n) is 3.86. The fourth-order valence-corrected chi connectivity index (χ4v) is 3.86. The van der Waals surface area contributed by atoms with Crippen molar-refractivity contribution < 1.29 is 14.4 Å². The van der Waals surface area contributed by atoms with Gasteiger partial charge in [-0.15, -0.1) is 0 Å². The Bertz CT molecular complexity index is 550. The van der Waals surface area contributed by atoms with E-state index in [1.807, 2.05) is 6.07 Å². The predicted octanol–water partition coefficient (Wildman–Crippen LogP) is 0.872. The first-order chi connectivity index (χ1) is 11.3. The standard InChI is InChI=1S/C16H22N4O3/c21-15(20-7-2-9-23-20)12-4-10-22-14-3-8-19(11-13(12)14)16-17-5-1-6-18-16/h1,5-6,12-14H,2-4,7-11H2/t12-,13+,14-/m1/s1. The molecule has 124 valence electrons. The van der Waals surface area contributed by atoms with Crippen molar-refractivity contribution in [3.63, 3.8) is 0 Å². The molecule has 1 amide bonds. The van der Waals surface area contributed by atoms with Crippen molar-refractivity contribution in [1.82, 2.24) is 15.0 Å². The van der Waals surface area contributed by atoms with Gasteiger partial charge >= 0.3 is 0 Å². The van der Waals surface area contributed by atoms with Gasteiger partial charge in [0.1, 0.15) is 0 Å². The van der Waals surface area contributed by atoms with Gasteiger partial charge < -0.3 is 9.64 Å². The van der Waals surface area contributed by atoms with Gasteiger partial charge in [0.15, 0.2) is 0 Å². The second kappa shape index (κ2) is 6.41. The molecule has 3 aliphatic heterocycles. The van der Waals surface area contributed by atoms with Gasteiger partial charge in [-0.05, 0) is 25.3 Å². The highest BCUT2D eigenvalue weighted by atomic mass is 16.7. The maximum Gasteiger partial charge on any atom is 0.249 e. The first-order valence-corrected chi connectivity index (χ1v) is 8.41. The van der Waals surface area contributed by atoms with E-state index in [-0.39, 0.29) is 23.8 Å². The Labute approximate surface area is 135 Å². The van der Waals surface area contributed by atoms with Crippen LogP contribution in [-0.2, 0) is 14.4 Å². The minimum Gasteiger partial charge on any atom is -0.378 e. The number of ether oxygens (including phenoxy) is 1. The van der Waals surface area contributed by atoms with E-state index >= 15 is 0 Å². The van der Waals surface area contributed by atoms with Crippen LogP contribution in [0.2, 0.25) is 0 Å². The number of hydroxylamine groups is 2. The summed E-state index contributed by atoms with van der Waals surface area (Å²) in [6.07, 6.45) is 6.27. The largest absolute Gasteiger partial charge is 0.378 e. The molecule has 1 aromatic rings. The van der Waals surface area contributed by atoms with Crippen LogP contribution in [-0.4, -0.2) is 59.9 Å². The summed E-state index contributed by atoms with van der Waals surface area (Å²) in [6.45, 7) is 3.64. The molecule has 0 N–H and O–H groups in total. The van der Waals surface area contributed by atoms with Gasteiger partial charge in [-0.25, -0.2) is 15.0 Å². The SMILES string of the molecule is O=C([C@@H]1CCO[C@@H]2CCN(c3ncccn3)C[C@H]21)N1CCCO1. The van der Waals surface area contributed by atoms with E-state index < -0.39 is 0 Å². The maximum atomic E-state index is 12.8. The minimum absolute atomic E-state index is 0.0293. The second-order valence-corrected chi connectivity index (χ2v) is 6.38. The quantitative estimate of drug-likeness (QED) is 0.806. The lowest BCUT2D eigenvalue weighted by Crippen LogP contribution is -2.54. The summed E-state index contributed by atoms with van der Waals surface area (Å²) in [6, 6.07) is 1.82. The molecule has 3 atom stereocenters. The van der Waals surface area contributed by atoms with Crippen LogP contribution in [0.4, 0.5) is 5.95 Å². The molecule has 0 unspecified atom stereocenters. The molecule has 23 heavy (non-hydrogen) atoms. The monoisotopic (exact) mass is 318 g/mol. The Hall–Kier alpha value is -1.73. The molecule has 0 bridgehead atoms. The molecule has 3 fully saturated rings. The first-order valence-electron chi connectivity index (χ1n) is 8.41. The fraction of sp³-hybridized carbons (Fsp3) is 0.688. The van der Waals surface area contributed by atoms with Crippen molar-refractivity contribution >= 4 is 11.9 Å².